The molecule has 0 bridgehead atoms. The van der Waals surface area contributed by atoms with E-state index in [1.807, 2.05) is 23.7 Å². The number of hydrogen-bond acceptors (Lipinski definition) is 5. The van der Waals surface area contributed by atoms with E-state index in [4.69, 9.17) is 0 Å². The molecule has 0 saturated heterocycles. The molecule has 5 nitrogen and oxygen atoms in total. The van der Waals surface area contributed by atoms with Crippen LogP contribution in [0.1, 0.15) is 18.9 Å². The molecular formula is C12H12BrN5S. The van der Waals surface area contributed by atoms with Crippen LogP contribution in [0.5, 0.6) is 0 Å². The van der Waals surface area contributed by atoms with Crippen LogP contribution in [0.3, 0.4) is 0 Å². The van der Waals surface area contributed by atoms with Crippen LogP contribution in [0.25, 0.3) is 5.65 Å². The van der Waals surface area contributed by atoms with Gasteiger partial charge in [-0.05, 0) is 41.9 Å². The minimum absolute atomic E-state index is 0.295. The monoisotopic (exact) mass is 337 g/mol. The molecule has 3 rings (SSSR count). The molecule has 0 aliphatic carbocycles. The summed E-state index contributed by atoms with van der Waals surface area (Å²) in [5.74, 6) is 0.596. The van der Waals surface area contributed by atoms with Crippen LogP contribution in [0.4, 0.5) is 5.95 Å². The first-order valence-corrected chi connectivity index (χ1v) is 7.42. The van der Waals surface area contributed by atoms with Gasteiger partial charge in [-0.3, -0.25) is 0 Å². The molecule has 0 aromatic carbocycles. The van der Waals surface area contributed by atoms with Gasteiger partial charge in [0.2, 0.25) is 5.95 Å². The highest BCUT2D eigenvalue weighted by molar-refractivity contribution is 9.10. The van der Waals surface area contributed by atoms with Gasteiger partial charge in [-0.15, -0.1) is 16.4 Å². The van der Waals surface area contributed by atoms with Crippen molar-refractivity contribution in [3.8, 4) is 0 Å². The SMILES string of the molecule is CC(C)(Nc1nc2ccc(Br)cn2n1)c1nccs1. The average Bonchev–Trinajstić information content (AvgIpc) is 2.95. The number of fused-ring (bicyclic) bond motifs is 1. The summed E-state index contributed by atoms with van der Waals surface area (Å²) in [5.41, 5.74) is 0.511. The topological polar surface area (TPSA) is 55.1 Å². The summed E-state index contributed by atoms with van der Waals surface area (Å²) in [7, 11) is 0. The summed E-state index contributed by atoms with van der Waals surface area (Å²) in [6, 6.07) is 3.86. The Morgan fingerprint density at radius 1 is 1.37 bits per heavy atom. The van der Waals surface area contributed by atoms with E-state index >= 15 is 0 Å². The van der Waals surface area contributed by atoms with Gasteiger partial charge in [0.25, 0.3) is 0 Å². The number of rotatable bonds is 3. The van der Waals surface area contributed by atoms with Crippen LogP contribution in [0.2, 0.25) is 0 Å². The molecule has 7 heteroatoms. The Balaban J connectivity index is 1.93. The molecule has 0 fully saturated rings. The van der Waals surface area contributed by atoms with E-state index in [2.05, 4.69) is 50.2 Å². The summed E-state index contributed by atoms with van der Waals surface area (Å²) in [6.45, 7) is 4.13. The molecule has 0 atom stereocenters. The van der Waals surface area contributed by atoms with Gasteiger partial charge in [-0.25, -0.2) is 9.50 Å². The Bertz CT molecular complexity index is 704. The molecule has 98 valence electrons. The van der Waals surface area contributed by atoms with Gasteiger partial charge in [0.05, 0.1) is 5.54 Å². The van der Waals surface area contributed by atoms with Crippen molar-refractivity contribution in [1.82, 2.24) is 19.6 Å². The van der Waals surface area contributed by atoms with Crippen LogP contribution in [0.15, 0.2) is 34.4 Å². The predicted molar refractivity (Wildman–Crippen MR) is 79.4 cm³/mol. The van der Waals surface area contributed by atoms with Gasteiger partial charge in [-0.2, -0.15) is 4.98 Å². The smallest absolute Gasteiger partial charge is 0.243 e. The lowest BCUT2D eigenvalue weighted by atomic mass is 10.1. The number of anilines is 1. The third kappa shape index (κ3) is 2.48. The number of nitrogens with one attached hydrogen (secondary N) is 1. The highest BCUT2D eigenvalue weighted by Gasteiger charge is 2.24. The third-order valence-corrected chi connectivity index (χ3v) is 4.25. The zero-order valence-electron chi connectivity index (χ0n) is 10.5. The average molecular weight is 338 g/mol. The molecule has 0 aliphatic rings. The summed E-state index contributed by atoms with van der Waals surface area (Å²) < 4.78 is 2.71. The Kier molecular flexibility index (Phi) is 3.02. The van der Waals surface area contributed by atoms with Gasteiger partial charge in [0, 0.05) is 22.2 Å². The van der Waals surface area contributed by atoms with E-state index in [9.17, 15) is 0 Å². The molecule has 0 spiro atoms. The normalized spacial score (nSPS) is 11.9. The second-order valence-corrected chi connectivity index (χ2v) is 6.48. The second-order valence-electron chi connectivity index (χ2n) is 4.67. The fraction of sp³-hybridized carbons (Fsp3) is 0.250. The lowest BCUT2D eigenvalue weighted by molar-refractivity contribution is 0.597. The van der Waals surface area contributed by atoms with E-state index < -0.39 is 0 Å². The minimum Gasteiger partial charge on any atom is -0.342 e. The molecule has 19 heavy (non-hydrogen) atoms. The van der Waals surface area contributed by atoms with E-state index in [1.165, 1.54) is 0 Å². The maximum Gasteiger partial charge on any atom is 0.243 e. The molecule has 1 N–H and O–H groups in total. The molecule has 3 aromatic rings. The number of pyridine rings is 1. The zero-order chi connectivity index (χ0) is 13.5. The largest absolute Gasteiger partial charge is 0.342 e. The van der Waals surface area contributed by atoms with Crippen LogP contribution in [-0.2, 0) is 5.54 Å². The Labute approximate surface area is 122 Å². The highest BCUT2D eigenvalue weighted by atomic mass is 79.9. The van der Waals surface area contributed by atoms with Gasteiger partial charge in [-0.1, -0.05) is 0 Å². The third-order valence-electron chi connectivity index (χ3n) is 2.69. The van der Waals surface area contributed by atoms with E-state index in [1.54, 1.807) is 22.0 Å². The Hall–Kier alpha value is -1.47. The first kappa shape index (κ1) is 12.6. The van der Waals surface area contributed by atoms with Gasteiger partial charge < -0.3 is 5.32 Å². The van der Waals surface area contributed by atoms with Crippen molar-refractivity contribution in [1.29, 1.82) is 0 Å². The number of aromatic nitrogens is 4. The van der Waals surface area contributed by atoms with E-state index in [-0.39, 0.29) is 5.54 Å². The lowest BCUT2D eigenvalue weighted by Crippen LogP contribution is -2.28. The molecule has 0 saturated carbocycles. The van der Waals surface area contributed by atoms with Gasteiger partial charge in [0.15, 0.2) is 5.65 Å². The van der Waals surface area contributed by atoms with Crippen LogP contribution in [0, 0.1) is 0 Å². The standard InChI is InChI=1S/C12H12BrN5S/c1-12(2,10-14-5-6-19-10)16-11-15-9-4-3-8(13)7-18(9)17-11/h3-7H,1-2H3,(H,16,17). The lowest BCUT2D eigenvalue weighted by Gasteiger charge is -2.22. The van der Waals surface area contributed by atoms with Gasteiger partial charge in [0.1, 0.15) is 5.01 Å². The van der Waals surface area contributed by atoms with Crippen molar-refractivity contribution in [3.63, 3.8) is 0 Å². The van der Waals surface area contributed by atoms with Gasteiger partial charge >= 0.3 is 0 Å². The molecule has 0 amide bonds. The number of halogens is 1. The second kappa shape index (κ2) is 4.57. The summed E-state index contributed by atoms with van der Waals surface area (Å²) in [5, 5.41) is 10.7. The summed E-state index contributed by atoms with van der Waals surface area (Å²) in [6.07, 6.45) is 3.68. The molecule has 0 aliphatic heterocycles. The molecule has 0 unspecified atom stereocenters. The first-order chi connectivity index (χ1) is 9.04. The molecule has 3 aromatic heterocycles. The maximum absolute atomic E-state index is 4.45. The molecular weight excluding hydrogens is 326 g/mol. The number of hydrogen-bond donors (Lipinski definition) is 1. The van der Waals surface area contributed by atoms with Crippen molar-refractivity contribution in [3.05, 3.63) is 39.4 Å². The number of nitrogens with zero attached hydrogens (tertiary/aromatic N) is 4. The highest BCUT2D eigenvalue weighted by Crippen LogP contribution is 2.26. The minimum atomic E-state index is -0.295. The Morgan fingerprint density at radius 2 is 2.21 bits per heavy atom. The zero-order valence-corrected chi connectivity index (χ0v) is 12.9. The van der Waals surface area contributed by atoms with E-state index in [0.29, 0.717) is 5.95 Å². The maximum atomic E-state index is 4.45. The first-order valence-electron chi connectivity index (χ1n) is 5.75. The quantitative estimate of drug-likeness (QED) is 0.796. The summed E-state index contributed by atoms with van der Waals surface area (Å²) >= 11 is 5.03. The van der Waals surface area contributed by atoms with Crippen LogP contribution in [-0.4, -0.2) is 19.6 Å². The van der Waals surface area contributed by atoms with Crippen LogP contribution >= 0.6 is 27.3 Å². The van der Waals surface area contributed by atoms with Crippen molar-refractivity contribution in [2.75, 3.05) is 5.32 Å². The Morgan fingerprint density at radius 3 is 2.95 bits per heavy atom. The van der Waals surface area contributed by atoms with Crippen molar-refractivity contribution >= 4 is 38.9 Å². The van der Waals surface area contributed by atoms with Crippen LogP contribution < -0.4 is 5.32 Å². The fourth-order valence-electron chi connectivity index (χ4n) is 1.78. The van der Waals surface area contributed by atoms with Crippen molar-refractivity contribution in [2.45, 2.75) is 19.4 Å². The molecule has 3 heterocycles. The summed E-state index contributed by atoms with van der Waals surface area (Å²) in [4.78, 5) is 8.78. The molecule has 0 radical (unpaired) electrons. The fourth-order valence-corrected chi connectivity index (χ4v) is 2.82. The number of thiazole rings is 1. The van der Waals surface area contributed by atoms with Crippen molar-refractivity contribution in [2.24, 2.45) is 0 Å². The van der Waals surface area contributed by atoms with Crippen molar-refractivity contribution < 1.29 is 0 Å². The predicted octanol–water partition coefficient (Wildman–Crippen LogP) is 3.30. The van der Waals surface area contributed by atoms with E-state index in [0.717, 1.165) is 15.1 Å².